The van der Waals surface area contributed by atoms with E-state index in [0.717, 1.165) is 25.2 Å². The van der Waals surface area contributed by atoms with Crippen LogP contribution in [0.3, 0.4) is 0 Å². The second-order valence-corrected chi connectivity index (χ2v) is 8.30. The molecule has 0 saturated heterocycles. The highest BCUT2D eigenvalue weighted by molar-refractivity contribution is 7.91. The Labute approximate surface area is 111 Å². The molecule has 0 N–H and O–H groups in total. The summed E-state index contributed by atoms with van der Waals surface area (Å²) in [5.74, 6) is 1.74. The van der Waals surface area contributed by atoms with Crippen LogP contribution >= 0.6 is 11.6 Å². The zero-order chi connectivity index (χ0) is 12.9. The first kappa shape index (κ1) is 15.3. The fourth-order valence-electron chi connectivity index (χ4n) is 2.77. The molecule has 2 nitrogen and oxygen atoms in total. The molecule has 0 bridgehead atoms. The first-order valence-electron chi connectivity index (χ1n) is 6.83. The second-order valence-electron chi connectivity index (χ2n) is 5.27. The second kappa shape index (κ2) is 6.98. The number of rotatable bonds is 6. The monoisotopic (exact) mass is 280 g/mol. The lowest BCUT2D eigenvalue weighted by atomic mass is 9.78. The van der Waals surface area contributed by atoms with Gasteiger partial charge in [-0.05, 0) is 37.5 Å². The van der Waals surface area contributed by atoms with Gasteiger partial charge in [-0.15, -0.1) is 11.6 Å². The van der Waals surface area contributed by atoms with Crippen LogP contribution in [0.25, 0.3) is 0 Å². The lowest BCUT2D eigenvalue weighted by molar-refractivity contribution is 0.254. The molecule has 102 valence electrons. The summed E-state index contributed by atoms with van der Waals surface area (Å²) in [7, 11) is -2.83. The van der Waals surface area contributed by atoms with E-state index >= 15 is 0 Å². The molecule has 0 aliphatic heterocycles. The fourth-order valence-corrected chi connectivity index (χ4v) is 4.07. The van der Waals surface area contributed by atoms with Crippen LogP contribution in [0.5, 0.6) is 0 Å². The van der Waals surface area contributed by atoms with Crippen molar-refractivity contribution in [3.8, 4) is 0 Å². The van der Waals surface area contributed by atoms with Crippen LogP contribution in [0.2, 0.25) is 0 Å². The van der Waals surface area contributed by atoms with E-state index in [0.29, 0.717) is 11.7 Å². The Morgan fingerprint density at radius 1 is 1.18 bits per heavy atom. The van der Waals surface area contributed by atoms with Crippen LogP contribution in [0, 0.1) is 11.8 Å². The smallest absolute Gasteiger partial charge is 0.150 e. The molecule has 17 heavy (non-hydrogen) atoms. The maximum atomic E-state index is 11.5. The molecule has 0 radical (unpaired) electrons. The standard InChI is InChI=1S/C13H25ClO2S/c1-3-5-11-6-7-13(14)12(10-11)8-9-17(15,16)4-2/h11-13H,3-10H2,1-2H3. The zero-order valence-electron chi connectivity index (χ0n) is 11.0. The summed E-state index contributed by atoms with van der Waals surface area (Å²) >= 11 is 6.33. The average Bonchev–Trinajstić information content (AvgIpc) is 2.30. The lowest BCUT2D eigenvalue weighted by Gasteiger charge is -2.33. The predicted octanol–water partition coefficient (Wildman–Crippen LogP) is 3.64. The zero-order valence-corrected chi connectivity index (χ0v) is 12.6. The molecule has 3 atom stereocenters. The summed E-state index contributed by atoms with van der Waals surface area (Å²) in [6.07, 6.45) is 6.64. The molecule has 1 rings (SSSR count). The fraction of sp³-hybridized carbons (Fsp3) is 1.00. The predicted molar refractivity (Wildman–Crippen MR) is 74.3 cm³/mol. The van der Waals surface area contributed by atoms with E-state index in [1.54, 1.807) is 6.92 Å². The minimum Gasteiger partial charge on any atom is -0.229 e. The van der Waals surface area contributed by atoms with Crippen molar-refractivity contribution in [2.24, 2.45) is 11.8 Å². The first-order chi connectivity index (χ1) is 7.98. The summed E-state index contributed by atoms with van der Waals surface area (Å²) in [5.41, 5.74) is 0. The molecular formula is C13H25ClO2S. The van der Waals surface area contributed by atoms with Crippen molar-refractivity contribution in [1.82, 2.24) is 0 Å². The van der Waals surface area contributed by atoms with Gasteiger partial charge in [-0.2, -0.15) is 0 Å². The molecule has 1 aliphatic carbocycles. The van der Waals surface area contributed by atoms with E-state index < -0.39 is 9.84 Å². The van der Waals surface area contributed by atoms with Crippen LogP contribution in [0.4, 0.5) is 0 Å². The Hall–Kier alpha value is 0.240. The van der Waals surface area contributed by atoms with Gasteiger partial charge in [0.1, 0.15) is 9.84 Å². The van der Waals surface area contributed by atoms with Crippen molar-refractivity contribution in [3.05, 3.63) is 0 Å². The van der Waals surface area contributed by atoms with Gasteiger partial charge in [-0.25, -0.2) is 8.42 Å². The summed E-state index contributed by atoms with van der Waals surface area (Å²) in [5, 5.41) is 0.190. The highest BCUT2D eigenvalue weighted by Crippen LogP contribution is 2.36. The van der Waals surface area contributed by atoms with E-state index in [-0.39, 0.29) is 11.1 Å². The van der Waals surface area contributed by atoms with Crippen LogP contribution in [-0.4, -0.2) is 25.3 Å². The van der Waals surface area contributed by atoms with Crippen LogP contribution in [0.1, 0.15) is 52.4 Å². The van der Waals surface area contributed by atoms with Gasteiger partial charge in [0.25, 0.3) is 0 Å². The van der Waals surface area contributed by atoms with Crippen molar-refractivity contribution in [3.63, 3.8) is 0 Å². The summed E-state index contributed by atoms with van der Waals surface area (Å²) in [4.78, 5) is 0. The van der Waals surface area contributed by atoms with Gasteiger partial charge >= 0.3 is 0 Å². The largest absolute Gasteiger partial charge is 0.229 e. The van der Waals surface area contributed by atoms with Crippen LogP contribution in [0.15, 0.2) is 0 Å². The minimum atomic E-state index is -2.83. The van der Waals surface area contributed by atoms with Crippen molar-refractivity contribution >= 4 is 21.4 Å². The Morgan fingerprint density at radius 2 is 1.88 bits per heavy atom. The molecular weight excluding hydrogens is 256 g/mol. The number of halogens is 1. The maximum Gasteiger partial charge on any atom is 0.150 e. The van der Waals surface area contributed by atoms with E-state index in [9.17, 15) is 8.42 Å². The van der Waals surface area contributed by atoms with Gasteiger partial charge in [0.15, 0.2) is 0 Å². The minimum absolute atomic E-state index is 0.190. The van der Waals surface area contributed by atoms with Crippen molar-refractivity contribution < 1.29 is 8.42 Å². The highest BCUT2D eigenvalue weighted by Gasteiger charge is 2.29. The molecule has 1 saturated carbocycles. The highest BCUT2D eigenvalue weighted by atomic mass is 35.5. The summed E-state index contributed by atoms with van der Waals surface area (Å²) in [6, 6.07) is 0. The molecule has 0 aromatic rings. The van der Waals surface area contributed by atoms with Gasteiger partial charge in [-0.1, -0.05) is 26.7 Å². The Morgan fingerprint density at radius 3 is 2.47 bits per heavy atom. The topological polar surface area (TPSA) is 34.1 Å². The Balaban J connectivity index is 2.45. The lowest BCUT2D eigenvalue weighted by Crippen LogP contribution is -2.27. The van der Waals surface area contributed by atoms with E-state index in [1.807, 2.05) is 0 Å². The molecule has 0 aromatic carbocycles. The van der Waals surface area contributed by atoms with Gasteiger partial charge < -0.3 is 0 Å². The molecule has 4 heteroatoms. The van der Waals surface area contributed by atoms with Crippen LogP contribution in [-0.2, 0) is 9.84 Å². The normalized spacial score (nSPS) is 30.4. The van der Waals surface area contributed by atoms with E-state index in [2.05, 4.69) is 6.92 Å². The molecule has 1 aliphatic rings. The van der Waals surface area contributed by atoms with Crippen molar-refractivity contribution in [1.29, 1.82) is 0 Å². The molecule has 0 aromatic heterocycles. The van der Waals surface area contributed by atoms with Gasteiger partial charge in [0, 0.05) is 11.1 Å². The van der Waals surface area contributed by atoms with Crippen LogP contribution < -0.4 is 0 Å². The van der Waals surface area contributed by atoms with Crippen molar-refractivity contribution in [2.75, 3.05) is 11.5 Å². The number of alkyl halides is 1. The average molecular weight is 281 g/mol. The quantitative estimate of drug-likeness (QED) is 0.696. The molecule has 0 spiro atoms. The first-order valence-corrected chi connectivity index (χ1v) is 9.08. The summed E-state index contributed by atoms with van der Waals surface area (Å²) in [6.45, 7) is 3.93. The maximum absolute atomic E-state index is 11.5. The number of hydrogen-bond donors (Lipinski definition) is 0. The number of hydrogen-bond acceptors (Lipinski definition) is 2. The SMILES string of the molecule is CCCC1CCC(Cl)C(CCS(=O)(=O)CC)C1. The van der Waals surface area contributed by atoms with Gasteiger partial charge in [-0.3, -0.25) is 0 Å². The molecule has 0 heterocycles. The molecule has 3 unspecified atom stereocenters. The molecule has 0 amide bonds. The third-order valence-electron chi connectivity index (χ3n) is 3.93. The summed E-state index contributed by atoms with van der Waals surface area (Å²) < 4.78 is 23.0. The third-order valence-corrected chi connectivity index (χ3v) is 6.25. The third kappa shape index (κ3) is 5.17. The van der Waals surface area contributed by atoms with Gasteiger partial charge in [0.05, 0.1) is 5.75 Å². The van der Waals surface area contributed by atoms with E-state index in [4.69, 9.17) is 11.6 Å². The molecule has 1 fully saturated rings. The Bertz CT molecular complexity index is 313. The Kier molecular flexibility index (Phi) is 6.28. The van der Waals surface area contributed by atoms with Gasteiger partial charge in [0.2, 0.25) is 0 Å². The van der Waals surface area contributed by atoms with E-state index in [1.165, 1.54) is 19.3 Å². The number of sulfone groups is 1. The van der Waals surface area contributed by atoms with Crippen molar-refractivity contribution in [2.45, 2.75) is 57.7 Å².